The summed E-state index contributed by atoms with van der Waals surface area (Å²) in [5, 5.41) is 2.86. The van der Waals surface area contributed by atoms with Crippen LogP contribution in [0.5, 0.6) is 5.75 Å². The molecule has 124 valence electrons. The third-order valence-corrected chi connectivity index (χ3v) is 4.16. The summed E-state index contributed by atoms with van der Waals surface area (Å²) in [5.41, 5.74) is 3.51. The number of nitrogens with zero attached hydrogens (tertiary/aromatic N) is 2. The number of hydrogen-bond donors (Lipinski definition) is 1. The molecule has 3 aromatic rings. The highest BCUT2D eigenvalue weighted by molar-refractivity contribution is 6.06. The fraction of sp³-hybridized carbons (Fsp3) is 0.222. The molecule has 6 heteroatoms. The minimum Gasteiger partial charge on any atom is -0.494 e. The lowest BCUT2D eigenvalue weighted by molar-refractivity contribution is 0.102. The van der Waals surface area contributed by atoms with Crippen LogP contribution in [-0.4, -0.2) is 22.2 Å². The number of ether oxygens (including phenoxy) is 1. The smallest absolute Gasteiger partial charge is 0.328 e. The highest BCUT2D eigenvalue weighted by Crippen LogP contribution is 2.30. The second kappa shape index (κ2) is 5.88. The van der Waals surface area contributed by atoms with Crippen molar-refractivity contribution in [2.24, 2.45) is 14.1 Å². The molecule has 1 amide bonds. The van der Waals surface area contributed by atoms with E-state index >= 15 is 0 Å². The molecule has 6 nitrogen and oxygen atoms in total. The van der Waals surface area contributed by atoms with Crippen molar-refractivity contribution in [3.8, 4) is 5.75 Å². The van der Waals surface area contributed by atoms with E-state index in [0.29, 0.717) is 17.0 Å². The van der Waals surface area contributed by atoms with Gasteiger partial charge in [-0.1, -0.05) is 17.7 Å². The first kappa shape index (κ1) is 15.9. The van der Waals surface area contributed by atoms with Crippen molar-refractivity contribution in [3.63, 3.8) is 0 Å². The van der Waals surface area contributed by atoms with E-state index in [2.05, 4.69) is 5.32 Å². The Bertz CT molecular complexity index is 981. The van der Waals surface area contributed by atoms with Crippen molar-refractivity contribution in [1.29, 1.82) is 0 Å². The first-order valence-electron chi connectivity index (χ1n) is 7.54. The molecule has 3 rings (SSSR count). The zero-order chi connectivity index (χ0) is 17.4. The van der Waals surface area contributed by atoms with E-state index in [4.69, 9.17) is 4.74 Å². The SMILES string of the molecule is COc1cc2c(cc1NC(=O)c1ccc(C)cc1)n(C)c(=O)n2C. The summed E-state index contributed by atoms with van der Waals surface area (Å²) in [6, 6.07) is 10.8. The number of benzene rings is 2. The molecule has 0 aliphatic carbocycles. The van der Waals surface area contributed by atoms with E-state index in [1.165, 1.54) is 11.7 Å². The predicted octanol–water partition coefficient (Wildman–Crippen LogP) is 2.45. The van der Waals surface area contributed by atoms with E-state index < -0.39 is 0 Å². The number of carbonyl (C=O) groups is 1. The summed E-state index contributed by atoms with van der Waals surface area (Å²) in [6.07, 6.45) is 0. The topological polar surface area (TPSA) is 65.3 Å². The van der Waals surface area contributed by atoms with Crippen molar-refractivity contribution in [1.82, 2.24) is 9.13 Å². The van der Waals surface area contributed by atoms with Crippen LogP contribution >= 0.6 is 0 Å². The van der Waals surface area contributed by atoms with Gasteiger partial charge in [-0.05, 0) is 25.1 Å². The Morgan fingerprint density at radius 1 is 1.04 bits per heavy atom. The molecular weight excluding hydrogens is 306 g/mol. The average molecular weight is 325 g/mol. The molecule has 0 bridgehead atoms. The highest BCUT2D eigenvalue weighted by atomic mass is 16.5. The Labute approximate surface area is 139 Å². The molecule has 0 spiro atoms. The van der Waals surface area contributed by atoms with Crippen LogP contribution in [0.1, 0.15) is 15.9 Å². The largest absolute Gasteiger partial charge is 0.494 e. The normalized spacial score (nSPS) is 10.8. The molecule has 2 aromatic carbocycles. The fourth-order valence-electron chi connectivity index (χ4n) is 2.69. The molecule has 0 atom stereocenters. The molecule has 1 aromatic heterocycles. The molecule has 0 aliphatic heterocycles. The number of carbonyl (C=O) groups excluding carboxylic acids is 1. The quantitative estimate of drug-likeness (QED) is 0.804. The van der Waals surface area contributed by atoms with Gasteiger partial charge in [-0.15, -0.1) is 0 Å². The Morgan fingerprint density at radius 2 is 1.62 bits per heavy atom. The van der Waals surface area contributed by atoms with Gasteiger partial charge < -0.3 is 10.1 Å². The number of fused-ring (bicyclic) bond motifs is 1. The molecule has 0 saturated carbocycles. The molecule has 0 radical (unpaired) electrons. The minimum atomic E-state index is -0.228. The van der Waals surface area contributed by atoms with E-state index in [-0.39, 0.29) is 11.6 Å². The number of nitrogens with one attached hydrogen (secondary N) is 1. The molecule has 0 saturated heterocycles. The van der Waals surface area contributed by atoms with Crippen LogP contribution in [0, 0.1) is 6.92 Å². The standard InChI is InChI=1S/C18H19N3O3/c1-11-5-7-12(8-6-11)17(22)19-13-9-14-15(10-16(13)24-4)21(3)18(23)20(14)2/h5-10H,1-4H3,(H,19,22). The summed E-state index contributed by atoms with van der Waals surface area (Å²) in [6.45, 7) is 1.97. The van der Waals surface area contributed by atoms with Gasteiger partial charge in [0.2, 0.25) is 0 Å². The zero-order valence-corrected chi connectivity index (χ0v) is 14.1. The monoisotopic (exact) mass is 325 g/mol. The second-order valence-corrected chi connectivity index (χ2v) is 5.76. The number of imidazole rings is 1. The van der Waals surface area contributed by atoms with Crippen LogP contribution in [0.3, 0.4) is 0 Å². The minimum absolute atomic E-state index is 0.130. The first-order valence-corrected chi connectivity index (χ1v) is 7.54. The number of methoxy groups -OCH3 is 1. The van der Waals surface area contributed by atoms with Gasteiger partial charge in [0.05, 0.1) is 23.8 Å². The van der Waals surface area contributed by atoms with Crippen LogP contribution < -0.4 is 15.7 Å². The molecule has 0 unspecified atom stereocenters. The van der Waals surface area contributed by atoms with Gasteiger partial charge in [0, 0.05) is 25.7 Å². The lowest BCUT2D eigenvalue weighted by Crippen LogP contribution is -2.19. The van der Waals surface area contributed by atoms with E-state index in [9.17, 15) is 9.59 Å². The summed E-state index contributed by atoms with van der Waals surface area (Å²) in [5.74, 6) is 0.276. The Hall–Kier alpha value is -3.02. The molecule has 0 aliphatic rings. The van der Waals surface area contributed by atoms with Crippen LogP contribution in [0.4, 0.5) is 5.69 Å². The van der Waals surface area contributed by atoms with Gasteiger partial charge in [0.1, 0.15) is 5.75 Å². The number of aromatic nitrogens is 2. The van der Waals surface area contributed by atoms with E-state index in [1.54, 1.807) is 42.9 Å². The number of amides is 1. The van der Waals surface area contributed by atoms with Gasteiger partial charge in [0.25, 0.3) is 5.91 Å². The van der Waals surface area contributed by atoms with Crippen molar-refractivity contribution < 1.29 is 9.53 Å². The molecule has 0 fully saturated rings. The maximum atomic E-state index is 12.4. The third kappa shape index (κ3) is 2.56. The van der Waals surface area contributed by atoms with Gasteiger partial charge in [-0.25, -0.2) is 4.79 Å². The summed E-state index contributed by atoms with van der Waals surface area (Å²) >= 11 is 0. The maximum absolute atomic E-state index is 12.4. The van der Waals surface area contributed by atoms with E-state index in [1.807, 2.05) is 19.1 Å². The van der Waals surface area contributed by atoms with Crippen LogP contribution in [0.15, 0.2) is 41.2 Å². The lowest BCUT2D eigenvalue weighted by atomic mass is 10.1. The predicted molar refractivity (Wildman–Crippen MR) is 93.8 cm³/mol. The van der Waals surface area contributed by atoms with Crippen LogP contribution in [0.2, 0.25) is 0 Å². The van der Waals surface area contributed by atoms with E-state index in [0.717, 1.165) is 16.6 Å². The fourth-order valence-corrected chi connectivity index (χ4v) is 2.69. The number of aryl methyl sites for hydroxylation is 3. The summed E-state index contributed by atoms with van der Waals surface area (Å²) in [4.78, 5) is 24.5. The Kier molecular flexibility index (Phi) is 3.89. The zero-order valence-electron chi connectivity index (χ0n) is 14.1. The van der Waals surface area contributed by atoms with Crippen LogP contribution in [-0.2, 0) is 14.1 Å². The van der Waals surface area contributed by atoms with Crippen molar-refractivity contribution in [2.45, 2.75) is 6.92 Å². The Morgan fingerprint density at radius 3 is 2.21 bits per heavy atom. The molecular formula is C18H19N3O3. The summed E-state index contributed by atoms with van der Waals surface area (Å²) < 4.78 is 8.46. The Balaban J connectivity index is 2.05. The van der Waals surface area contributed by atoms with Crippen molar-refractivity contribution in [3.05, 3.63) is 58.0 Å². The summed E-state index contributed by atoms with van der Waals surface area (Å²) in [7, 11) is 4.93. The maximum Gasteiger partial charge on any atom is 0.328 e. The molecule has 1 N–H and O–H groups in total. The van der Waals surface area contributed by atoms with Crippen molar-refractivity contribution in [2.75, 3.05) is 12.4 Å². The van der Waals surface area contributed by atoms with Gasteiger partial charge in [0.15, 0.2) is 0 Å². The first-order chi connectivity index (χ1) is 11.4. The molecule has 1 heterocycles. The number of hydrogen-bond acceptors (Lipinski definition) is 3. The highest BCUT2D eigenvalue weighted by Gasteiger charge is 2.15. The van der Waals surface area contributed by atoms with Crippen LogP contribution in [0.25, 0.3) is 11.0 Å². The van der Waals surface area contributed by atoms with Gasteiger partial charge in [-0.2, -0.15) is 0 Å². The second-order valence-electron chi connectivity index (χ2n) is 5.76. The van der Waals surface area contributed by atoms with Gasteiger partial charge in [-0.3, -0.25) is 13.9 Å². The molecule has 24 heavy (non-hydrogen) atoms. The number of anilines is 1. The number of rotatable bonds is 3. The third-order valence-electron chi connectivity index (χ3n) is 4.16. The van der Waals surface area contributed by atoms with Gasteiger partial charge >= 0.3 is 5.69 Å². The lowest BCUT2D eigenvalue weighted by Gasteiger charge is -2.11. The van der Waals surface area contributed by atoms with Crippen molar-refractivity contribution >= 4 is 22.6 Å². The average Bonchev–Trinajstić information content (AvgIpc) is 2.79.